The van der Waals surface area contributed by atoms with Crippen LogP contribution < -0.4 is 16.0 Å². The predicted molar refractivity (Wildman–Crippen MR) is 126 cm³/mol. The first-order valence-electron chi connectivity index (χ1n) is 10.5. The van der Waals surface area contributed by atoms with Gasteiger partial charge in [-0.1, -0.05) is 67.1 Å². The lowest BCUT2D eigenvalue weighted by Gasteiger charge is -2.22. The van der Waals surface area contributed by atoms with E-state index >= 15 is 0 Å². The molecule has 0 saturated heterocycles. The maximum absolute atomic E-state index is 3.62. The molecular formula is C26H31N3. The Balaban J connectivity index is 1.38. The van der Waals surface area contributed by atoms with Crippen LogP contribution in [0.2, 0.25) is 0 Å². The highest BCUT2D eigenvalue weighted by Crippen LogP contribution is 2.16. The van der Waals surface area contributed by atoms with Crippen LogP contribution in [0.3, 0.4) is 0 Å². The molecule has 3 aromatic carbocycles. The Morgan fingerprint density at radius 2 is 1.10 bits per heavy atom. The molecule has 3 N–H and O–H groups in total. The summed E-state index contributed by atoms with van der Waals surface area (Å²) in [4.78, 5) is 0. The number of hydrogen-bond donors (Lipinski definition) is 3. The number of para-hydroxylation sites is 3. The van der Waals surface area contributed by atoms with Crippen molar-refractivity contribution >= 4 is 17.1 Å². The summed E-state index contributed by atoms with van der Waals surface area (Å²) in [5.74, 6) is 0. The highest BCUT2D eigenvalue weighted by atomic mass is 15.1. The predicted octanol–water partition coefficient (Wildman–Crippen LogP) is 7.11. The number of hydrogen-bond acceptors (Lipinski definition) is 3. The second kappa shape index (κ2) is 12.3. The number of nitrogens with one attached hydrogen (secondary N) is 3. The smallest absolute Gasteiger partial charge is 0.0963 e. The molecule has 0 aliphatic heterocycles. The van der Waals surface area contributed by atoms with Crippen LogP contribution in [0.15, 0.2) is 103 Å². The minimum Gasteiger partial charge on any atom is -0.365 e. The third-order valence-electron chi connectivity index (χ3n) is 4.73. The van der Waals surface area contributed by atoms with E-state index in [9.17, 15) is 0 Å². The van der Waals surface area contributed by atoms with Crippen LogP contribution in [0.5, 0.6) is 0 Å². The zero-order chi connectivity index (χ0) is 20.0. The summed E-state index contributed by atoms with van der Waals surface area (Å²) in [5.41, 5.74) is 3.43. The summed E-state index contributed by atoms with van der Waals surface area (Å²) >= 11 is 0. The van der Waals surface area contributed by atoms with E-state index in [0.717, 1.165) is 29.9 Å². The van der Waals surface area contributed by atoms with E-state index in [4.69, 9.17) is 0 Å². The van der Waals surface area contributed by atoms with Gasteiger partial charge in [0.25, 0.3) is 0 Å². The van der Waals surface area contributed by atoms with Crippen LogP contribution >= 0.6 is 0 Å². The van der Waals surface area contributed by atoms with Gasteiger partial charge < -0.3 is 16.0 Å². The molecule has 0 saturated carbocycles. The van der Waals surface area contributed by atoms with Gasteiger partial charge >= 0.3 is 0 Å². The lowest BCUT2D eigenvalue weighted by molar-refractivity contribution is 0.609. The van der Waals surface area contributed by atoms with Crippen molar-refractivity contribution in [2.24, 2.45) is 0 Å². The molecule has 150 valence electrons. The number of anilines is 3. The molecule has 0 aromatic heterocycles. The van der Waals surface area contributed by atoms with Crippen molar-refractivity contribution in [2.75, 3.05) is 16.0 Å². The Morgan fingerprint density at radius 1 is 0.586 bits per heavy atom. The number of unbranched alkanes of at least 4 members (excludes halogenated alkanes) is 3. The molecule has 3 heteroatoms. The summed E-state index contributed by atoms with van der Waals surface area (Å²) in [7, 11) is 0. The zero-order valence-corrected chi connectivity index (χ0v) is 16.9. The summed E-state index contributed by atoms with van der Waals surface area (Å²) in [5, 5.41) is 10.6. The number of rotatable bonds is 12. The molecule has 0 atom stereocenters. The topological polar surface area (TPSA) is 36.1 Å². The first-order valence-corrected chi connectivity index (χ1v) is 10.5. The Kier molecular flexibility index (Phi) is 8.71. The van der Waals surface area contributed by atoms with E-state index in [1.54, 1.807) is 0 Å². The van der Waals surface area contributed by atoms with Crippen molar-refractivity contribution in [3.63, 3.8) is 0 Å². The summed E-state index contributed by atoms with van der Waals surface area (Å²) in [6.45, 7) is 0. The van der Waals surface area contributed by atoms with E-state index in [1.807, 2.05) is 36.5 Å². The highest BCUT2D eigenvalue weighted by molar-refractivity contribution is 5.49. The molecule has 3 aromatic rings. The molecule has 29 heavy (non-hydrogen) atoms. The lowest BCUT2D eigenvalue weighted by atomic mass is 10.1. The monoisotopic (exact) mass is 385 g/mol. The molecular weight excluding hydrogens is 354 g/mol. The van der Waals surface area contributed by atoms with Gasteiger partial charge in [0.15, 0.2) is 0 Å². The number of benzene rings is 3. The SMILES string of the molecule is C(=C\Nc1ccccc1)/CCCCCC(Nc1ccccc1)Nc1ccccc1. The van der Waals surface area contributed by atoms with E-state index in [2.05, 4.69) is 82.7 Å². The Labute approximate surface area is 174 Å². The second-order valence-electron chi connectivity index (χ2n) is 7.12. The Bertz CT molecular complexity index is 775. The van der Waals surface area contributed by atoms with Gasteiger partial charge in [-0.25, -0.2) is 0 Å². The van der Waals surface area contributed by atoms with Gasteiger partial charge in [0.05, 0.1) is 6.17 Å². The second-order valence-corrected chi connectivity index (χ2v) is 7.12. The fourth-order valence-electron chi connectivity index (χ4n) is 3.21. The molecule has 0 spiro atoms. The quantitative estimate of drug-likeness (QED) is 0.229. The maximum Gasteiger partial charge on any atom is 0.0963 e. The van der Waals surface area contributed by atoms with Crippen molar-refractivity contribution in [1.29, 1.82) is 0 Å². The summed E-state index contributed by atoms with van der Waals surface area (Å²) in [6.07, 6.45) is 10.3. The van der Waals surface area contributed by atoms with Gasteiger partial charge in [-0.3, -0.25) is 0 Å². The largest absolute Gasteiger partial charge is 0.365 e. The van der Waals surface area contributed by atoms with Crippen LogP contribution in [0.1, 0.15) is 32.1 Å². The average Bonchev–Trinajstić information content (AvgIpc) is 2.77. The third-order valence-corrected chi connectivity index (χ3v) is 4.73. The third kappa shape index (κ3) is 8.14. The van der Waals surface area contributed by atoms with E-state index in [-0.39, 0.29) is 6.17 Å². The minimum absolute atomic E-state index is 0.218. The van der Waals surface area contributed by atoms with Gasteiger partial charge in [0.1, 0.15) is 0 Å². The lowest BCUT2D eigenvalue weighted by Crippen LogP contribution is -2.28. The normalized spacial score (nSPS) is 10.9. The molecule has 0 radical (unpaired) electrons. The molecule has 3 nitrogen and oxygen atoms in total. The van der Waals surface area contributed by atoms with Crippen molar-refractivity contribution in [2.45, 2.75) is 38.3 Å². The molecule has 0 amide bonds. The highest BCUT2D eigenvalue weighted by Gasteiger charge is 2.08. The van der Waals surface area contributed by atoms with Crippen LogP contribution in [0.4, 0.5) is 17.1 Å². The van der Waals surface area contributed by atoms with Gasteiger partial charge in [-0.2, -0.15) is 0 Å². The minimum atomic E-state index is 0.218. The number of allylic oxidation sites excluding steroid dienone is 1. The Morgan fingerprint density at radius 3 is 1.66 bits per heavy atom. The van der Waals surface area contributed by atoms with E-state index < -0.39 is 0 Å². The molecule has 0 heterocycles. The molecule has 0 unspecified atom stereocenters. The first kappa shape index (κ1) is 20.5. The van der Waals surface area contributed by atoms with Crippen molar-refractivity contribution < 1.29 is 0 Å². The molecule has 3 rings (SSSR count). The molecule has 0 fully saturated rings. The summed E-state index contributed by atoms with van der Waals surface area (Å²) < 4.78 is 0. The van der Waals surface area contributed by atoms with Gasteiger partial charge in [0.2, 0.25) is 0 Å². The first-order chi connectivity index (χ1) is 14.4. The van der Waals surface area contributed by atoms with Crippen LogP contribution in [0, 0.1) is 0 Å². The van der Waals surface area contributed by atoms with E-state index in [0.29, 0.717) is 0 Å². The molecule has 0 bridgehead atoms. The molecule has 0 aliphatic carbocycles. The van der Waals surface area contributed by atoms with Crippen molar-refractivity contribution in [3.8, 4) is 0 Å². The Hall–Kier alpha value is -3.20. The van der Waals surface area contributed by atoms with Crippen LogP contribution in [-0.2, 0) is 0 Å². The van der Waals surface area contributed by atoms with Crippen LogP contribution in [-0.4, -0.2) is 6.17 Å². The van der Waals surface area contributed by atoms with Crippen LogP contribution in [0.25, 0.3) is 0 Å². The van der Waals surface area contributed by atoms with Crippen molar-refractivity contribution in [3.05, 3.63) is 103 Å². The van der Waals surface area contributed by atoms with Crippen molar-refractivity contribution in [1.82, 2.24) is 0 Å². The van der Waals surface area contributed by atoms with Gasteiger partial charge in [-0.05, 0) is 68.3 Å². The fraction of sp³-hybridized carbons (Fsp3) is 0.231. The fourth-order valence-corrected chi connectivity index (χ4v) is 3.21. The zero-order valence-electron chi connectivity index (χ0n) is 16.9. The molecule has 0 aliphatic rings. The standard InChI is InChI=1S/C26H31N3/c1(3-14-22-27-23-15-7-4-8-16-23)2-13-21-26(28-24-17-9-5-10-18-24)29-25-19-11-6-12-20-25/h4-12,14-20,22,26-29H,1-3,13,21H2/b22-14+. The van der Waals surface area contributed by atoms with E-state index in [1.165, 1.54) is 19.3 Å². The summed E-state index contributed by atoms with van der Waals surface area (Å²) in [6, 6.07) is 31.1. The van der Waals surface area contributed by atoms with Gasteiger partial charge in [0, 0.05) is 17.1 Å². The van der Waals surface area contributed by atoms with Gasteiger partial charge in [-0.15, -0.1) is 0 Å². The maximum atomic E-state index is 3.62. The average molecular weight is 386 g/mol.